The molecule has 0 saturated heterocycles. The average Bonchev–Trinajstić information content (AvgIpc) is 3.63. The largest absolute Gasteiger partial charge is 0.496 e. The fourth-order valence-electron chi connectivity index (χ4n) is 5.18. The topological polar surface area (TPSA) is 108 Å². The third-order valence-corrected chi connectivity index (χ3v) is 6.83. The van der Waals surface area contributed by atoms with Crippen molar-refractivity contribution in [2.24, 2.45) is 13.0 Å². The molecule has 1 fully saturated rings. The van der Waals surface area contributed by atoms with Gasteiger partial charge in [0.15, 0.2) is 5.82 Å². The number of benzene rings is 2. The number of alkyl halides is 3. The zero-order valence-electron chi connectivity index (χ0n) is 20.6. The van der Waals surface area contributed by atoms with E-state index >= 15 is 0 Å². The van der Waals surface area contributed by atoms with Gasteiger partial charge in [-0.3, -0.25) is 0 Å². The average molecular weight is 532 g/mol. The van der Waals surface area contributed by atoms with Crippen LogP contribution in [0, 0.1) is 11.7 Å². The van der Waals surface area contributed by atoms with Crippen molar-refractivity contribution >= 4 is 0 Å². The maximum atomic E-state index is 13.7. The van der Waals surface area contributed by atoms with E-state index in [4.69, 9.17) is 4.74 Å². The Morgan fingerprint density at radius 2 is 1.84 bits per heavy atom. The Labute approximate surface area is 215 Å². The smallest absolute Gasteiger partial charge is 0.453 e. The lowest BCUT2D eigenvalue weighted by molar-refractivity contribution is -0.146. The summed E-state index contributed by atoms with van der Waals surface area (Å²) < 4.78 is 59.9. The quantitative estimate of drug-likeness (QED) is 0.345. The van der Waals surface area contributed by atoms with Crippen LogP contribution < -0.4 is 10.1 Å². The molecule has 1 saturated carbocycles. The van der Waals surface area contributed by atoms with Gasteiger partial charge in [0.05, 0.1) is 19.8 Å². The first-order valence-electron chi connectivity index (χ1n) is 12.0. The van der Waals surface area contributed by atoms with Crippen LogP contribution in [0.2, 0.25) is 0 Å². The summed E-state index contributed by atoms with van der Waals surface area (Å²) in [6, 6.07) is 11.1. The molecule has 10 nitrogen and oxygen atoms in total. The molecule has 5 rings (SSSR count). The molecule has 0 radical (unpaired) electrons. The number of aryl methyl sites for hydroxylation is 1. The molecule has 2 heterocycles. The Hall–Kier alpha value is -3.94. The van der Waals surface area contributed by atoms with Gasteiger partial charge in [0.1, 0.15) is 11.6 Å². The van der Waals surface area contributed by atoms with Crippen LogP contribution in [0.4, 0.5) is 17.6 Å². The molecule has 4 aromatic rings. The molecule has 0 unspecified atom stereocenters. The van der Waals surface area contributed by atoms with E-state index in [2.05, 4.69) is 36.3 Å². The van der Waals surface area contributed by atoms with E-state index in [1.54, 1.807) is 31.3 Å². The van der Waals surface area contributed by atoms with Crippen molar-refractivity contribution in [2.75, 3.05) is 7.11 Å². The van der Waals surface area contributed by atoms with Gasteiger partial charge >= 0.3 is 6.18 Å². The molecule has 38 heavy (non-hydrogen) atoms. The van der Waals surface area contributed by atoms with E-state index in [1.807, 2.05) is 0 Å². The number of aromatic nitrogens is 8. The number of halogens is 4. The van der Waals surface area contributed by atoms with Gasteiger partial charge in [-0.2, -0.15) is 22.6 Å². The minimum absolute atomic E-state index is 0.00858. The van der Waals surface area contributed by atoms with Gasteiger partial charge < -0.3 is 10.1 Å². The van der Waals surface area contributed by atoms with E-state index in [-0.39, 0.29) is 29.4 Å². The summed E-state index contributed by atoms with van der Waals surface area (Å²) in [5.74, 6) is -0.156. The number of hydrogen-bond acceptors (Lipinski definition) is 8. The van der Waals surface area contributed by atoms with Crippen LogP contribution >= 0.6 is 0 Å². The highest BCUT2D eigenvalue weighted by Gasteiger charge is 2.39. The number of methoxy groups -OCH3 is 1. The van der Waals surface area contributed by atoms with Gasteiger partial charge in [-0.15, -0.1) is 15.3 Å². The summed E-state index contributed by atoms with van der Waals surface area (Å²) in [5.41, 5.74) is 1.79. The van der Waals surface area contributed by atoms with E-state index in [0.29, 0.717) is 34.8 Å². The van der Waals surface area contributed by atoms with Crippen molar-refractivity contribution in [2.45, 2.75) is 43.9 Å². The number of nitrogens with zero attached hydrogens (tertiary/aromatic N) is 8. The van der Waals surface area contributed by atoms with E-state index in [0.717, 1.165) is 18.4 Å². The summed E-state index contributed by atoms with van der Waals surface area (Å²) in [4.78, 5) is 1.42. The highest BCUT2D eigenvalue weighted by atomic mass is 19.4. The minimum Gasteiger partial charge on any atom is -0.496 e. The SMILES string of the molecule is COc1ccc(-n2nnnc2C(F)(F)F)cc1CN[C@H]1CC[C@@H](Cc2nnn(C)n2)[C@H]1c1ccc(F)cc1. The Morgan fingerprint density at radius 1 is 1.05 bits per heavy atom. The summed E-state index contributed by atoms with van der Waals surface area (Å²) in [5, 5.41) is 25.8. The lowest BCUT2D eigenvalue weighted by atomic mass is 9.84. The lowest BCUT2D eigenvalue weighted by Crippen LogP contribution is -2.33. The predicted molar refractivity (Wildman–Crippen MR) is 126 cm³/mol. The van der Waals surface area contributed by atoms with Gasteiger partial charge in [-0.05, 0) is 70.3 Å². The number of nitrogens with one attached hydrogen (secondary N) is 1. The molecule has 0 bridgehead atoms. The Balaban J connectivity index is 1.39. The first-order valence-corrected chi connectivity index (χ1v) is 12.0. The minimum atomic E-state index is -4.71. The number of ether oxygens (including phenoxy) is 1. The maximum Gasteiger partial charge on any atom is 0.453 e. The third-order valence-electron chi connectivity index (χ3n) is 6.83. The van der Waals surface area contributed by atoms with Gasteiger partial charge in [0.2, 0.25) is 0 Å². The van der Waals surface area contributed by atoms with Crippen molar-refractivity contribution in [3.8, 4) is 11.4 Å². The molecule has 0 spiro atoms. The van der Waals surface area contributed by atoms with Crippen molar-refractivity contribution < 1.29 is 22.3 Å². The number of hydrogen-bond donors (Lipinski definition) is 1. The third kappa shape index (κ3) is 5.35. The normalized spacial score (nSPS) is 19.7. The summed E-state index contributed by atoms with van der Waals surface area (Å²) in [6.45, 7) is 0.318. The maximum absolute atomic E-state index is 13.7. The Bertz CT molecular complexity index is 1390. The van der Waals surface area contributed by atoms with Crippen LogP contribution in [0.15, 0.2) is 42.5 Å². The van der Waals surface area contributed by atoms with Gasteiger partial charge in [0, 0.05) is 30.5 Å². The van der Waals surface area contributed by atoms with Crippen LogP contribution in [-0.2, 0) is 26.2 Å². The first kappa shape index (κ1) is 25.7. The van der Waals surface area contributed by atoms with E-state index in [9.17, 15) is 17.6 Å². The second-order valence-electron chi connectivity index (χ2n) is 9.21. The standard InChI is InChI=1S/C24H25F4N9O/c1-36-32-21(30-34-36)12-15-5-9-19(22(15)14-3-6-17(25)7-4-14)29-13-16-11-18(8-10-20(16)38-2)37-23(24(26,27)28)31-33-35-37/h3-4,6-8,10-11,15,19,22,29H,5,9,12-13H2,1-2H3/t15-,19-,22+/m0/s1. The Morgan fingerprint density at radius 3 is 2.53 bits per heavy atom. The zero-order valence-corrected chi connectivity index (χ0v) is 20.6. The molecule has 1 aliphatic rings. The van der Waals surface area contributed by atoms with Crippen molar-refractivity contribution in [1.29, 1.82) is 0 Å². The summed E-state index contributed by atoms with van der Waals surface area (Å²) >= 11 is 0. The highest BCUT2D eigenvalue weighted by molar-refractivity contribution is 5.44. The van der Waals surface area contributed by atoms with E-state index in [1.165, 1.54) is 30.1 Å². The van der Waals surface area contributed by atoms with Crippen molar-refractivity contribution in [1.82, 2.24) is 45.7 Å². The molecule has 1 N–H and O–H groups in total. The Kier molecular flexibility index (Phi) is 7.06. The van der Waals surface area contributed by atoms with Gasteiger partial charge in [-0.25, -0.2) is 4.39 Å². The van der Waals surface area contributed by atoms with Crippen molar-refractivity contribution in [3.63, 3.8) is 0 Å². The van der Waals surface area contributed by atoms with Crippen LogP contribution in [0.3, 0.4) is 0 Å². The molecule has 200 valence electrons. The molecule has 14 heteroatoms. The van der Waals surface area contributed by atoms with Crippen LogP contribution in [0.5, 0.6) is 5.75 Å². The summed E-state index contributed by atoms with van der Waals surface area (Å²) in [7, 11) is 3.21. The highest BCUT2D eigenvalue weighted by Crippen LogP contribution is 2.42. The fourth-order valence-corrected chi connectivity index (χ4v) is 5.18. The molecule has 2 aromatic carbocycles. The fraction of sp³-hybridized carbons (Fsp3) is 0.417. The summed E-state index contributed by atoms with van der Waals surface area (Å²) in [6.07, 6.45) is -2.37. The molecular weight excluding hydrogens is 506 g/mol. The monoisotopic (exact) mass is 531 g/mol. The van der Waals surface area contributed by atoms with Crippen LogP contribution in [-0.4, -0.2) is 53.6 Å². The van der Waals surface area contributed by atoms with Crippen molar-refractivity contribution in [3.05, 3.63) is 71.1 Å². The molecule has 1 aliphatic carbocycles. The lowest BCUT2D eigenvalue weighted by Gasteiger charge is -2.26. The van der Waals surface area contributed by atoms with Crippen LogP contribution in [0.25, 0.3) is 5.69 Å². The molecule has 0 amide bonds. The van der Waals surface area contributed by atoms with Gasteiger partial charge in [-0.1, -0.05) is 12.1 Å². The van der Waals surface area contributed by atoms with Crippen LogP contribution in [0.1, 0.15) is 41.5 Å². The molecule has 0 aliphatic heterocycles. The van der Waals surface area contributed by atoms with Gasteiger partial charge in [0.25, 0.3) is 5.82 Å². The molecule has 3 atom stereocenters. The predicted octanol–water partition coefficient (Wildman–Crippen LogP) is 3.25. The van der Waals surface area contributed by atoms with E-state index < -0.39 is 12.0 Å². The zero-order chi connectivity index (χ0) is 26.9. The number of rotatable bonds is 8. The molecular formula is C24H25F4N9O. The second-order valence-corrected chi connectivity index (χ2v) is 9.21. The molecule has 2 aromatic heterocycles. The second kappa shape index (κ2) is 10.4. The number of tetrazole rings is 2. The first-order chi connectivity index (χ1) is 18.2.